The lowest BCUT2D eigenvalue weighted by Gasteiger charge is -2.19. The number of ether oxygens (including phenoxy) is 2. The van der Waals surface area contributed by atoms with E-state index >= 15 is 0 Å². The summed E-state index contributed by atoms with van der Waals surface area (Å²) in [4.78, 5) is 0. The third-order valence-electron chi connectivity index (χ3n) is 4.06. The highest BCUT2D eigenvalue weighted by Crippen LogP contribution is 2.33. The van der Waals surface area contributed by atoms with Crippen LogP contribution in [0.2, 0.25) is 0 Å². The highest BCUT2D eigenvalue weighted by atomic mass is 16.7. The molecule has 2 atom stereocenters. The fraction of sp³-hybridized carbons (Fsp3) is 0.556. The van der Waals surface area contributed by atoms with E-state index < -0.39 is 5.79 Å². The number of hydrogen-bond acceptors (Lipinski definition) is 4. The number of benzene rings is 1. The molecule has 1 saturated heterocycles. The summed E-state index contributed by atoms with van der Waals surface area (Å²) < 4.78 is 13.9. The smallest absolute Gasteiger partial charge is 0.163 e. The first kappa shape index (κ1) is 16.1. The molecule has 23 heavy (non-hydrogen) atoms. The van der Waals surface area contributed by atoms with Crippen LogP contribution < -0.4 is 0 Å². The summed E-state index contributed by atoms with van der Waals surface area (Å²) in [6.07, 6.45) is 2.83. The molecule has 0 amide bonds. The maximum absolute atomic E-state index is 6.05. The second-order valence-electron chi connectivity index (χ2n) is 6.98. The van der Waals surface area contributed by atoms with Gasteiger partial charge in [-0.05, 0) is 25.3 Å². The number of aromatic nitrogens is 3. The topological polar surface area (TPSA) is 49.2 Å². The molecule has 2 aromatic rings. The predicted octanol–water partition coefficient (Wildman–Crippen LogP) is 3.05. The van der Waals surface area contributed by atoms with E-state index in [0.717, 1.165) is 18.7 Å². The third kappa shape index (κ3) is 3.98. The summed E-state index contributed by atoms with van der Waals surface area (Å²) in [5, 5.41) is 8.52. The molecule has 2 heterocycles. The fourth-order valence-electron chi connectivity index (χ4n) is 3.07. The average Bonchev–Trinajstić information content (AvgIpc) is 3.04. The molecule has 1 fully saturated rings. The lowest BCUT2D eigenvalue weighted by molar-refractivity contribution is -0.149. The quantitative estimate of drug-likeness (QED) is 0.851. The van der Waals surface area contributed by atoms with Crippen molar-refractivity contribution >= 4 is 0 Å². The first-order chi connectivity index (χ1) is 10.9. The van der Waals surface area contributed by atoms with Gasteiger partial charge in [0.1, 0.15) is 0 Å². The van der Waals surface area contributed by atoms with Crippen LogP contribution in [0.25, 0.3) is 0 Å². The first-order valence-electron chi connectivity index (χ1n) is 8.21. The van der Waals surface area contributed by atoms with Crippen molar-refractivity contribution < 1.29 is 9.47 Å². The minimum Gasteiger partial charge on any atom is -0.344 e. The predicted molar refractivity (Wildman–Crippen MR) is 87.9 cm³/mol. The van der Waals surface area contributed by atoms with E-state index in [1.807, 2.05) is 42.9 Å². The zero-order valence-electron chi connectivity index (χ0n) is 14.3. The molecule has 2 unspecified atom stereocenters. The van der Waals surface area contributed by atoms with Crippen LogP contribution in [0.4, 0.5) is 0 Å². The van der Waals surface area contributed by atoms with Gasteiger partial charge in [-0.3, -0.25) is 0 Å². The summed E-state index contributed by atoms with van der Waals surface area (Å²) in [5.41, 5.74) is 2.16. The lowest BCUT2D eigenvalue weighted by Crippen LogP contribution is -2.29. The van der Waals surface area contributed by atoms with Gasteiger partial charge in [0.15, 0.2) is 5.79 Å². The Morgan fingerprint density at radius 3 is 2.61 bits per heavy atom. The molecule has 124 valence electrons. The number of nitrogens with zero attached hydrogens (tertiary/aromatic N) is 3. The van der Waals surface area contributed by atoms with Crippen LogP contribution in [0.1, 0.15) is 39.0 Å². The molecule has 1 aromatic heterocycles. The van der Waals surface area contributed by atoms with Gasteiger partial charge in [0, 0.05) is 12.6 Å². The van der Waals surface area contributed by atoms with Crippen LogP contribution in [0.3, 0.4) is 0 Å². The van der Waals surface area contributed by atoms with E-state index in [9.17, 15) is 0 Å². The van der Waals surface area contributed by atoms with Crippen molar-refractivity contribution in [3.05, 3.63) is 47.8 Å². The van der Waals surface area contributed by atoms with Gasteiger partial charge >= 0.3 is 0 Å². The van der Waals surface area contributed by atoms with Crippen LogP contribution in [0, 0.1) is 5.92 Å². The normalized spacial score (nSPS) is 23.5. The molecule has 0 saturated carbocycles. The standard InChI is InChI=1S/C18H25N3O2/c1-13(2)17-16(22-18(3,4)23-17)10-15-12-21(20-19-15)11-14-8-6-5-7-9-14/h5-9,12-13,16-17H,10-11H2,1-4H3. The van der Waals surface area contributed by atoms with Crippen molar-refractivity contribution in [2.75, 3.05) is 0 Å². The molecule has 5 heteroatoms. The number of rotatable bonds is 5. The van der Waals surface area contributed by atoms with Crippen molar-refractivity contribution in [1.82, 2.24) is 15.0 Å². The van der Waals surface area contributed by atoms with Gasteiger partial charge in [0.2, 0.25) is 0 Å². The Balaban J connectivity index is 1.66. The van der Waals surface area contributed by atoms with Gasteiger partial charge in [-0.2, -0.15) is 0 Å². The van der Waals surface area contributed by atoms with E-state index in [1.54, 1.807) is 0 Å². The molecule has 5 nitrogen and oxygen atoms in total. The van der Waals surface area contributed by atoms with E-state index in [0.29, 0.717) is 5.92 Å². The van der Waals surface area contributed by atoms with E-state index in [-0.39, 0.29) is 12.2 Å². The summed E-state index contributed by atoms with van der Waals surface area (Å²) >= 11 is 0. The van der Waals surface area contributed by atoms with Crippen LogP contribution in [-0.2, 0) is 22.4 Å². The Bertz CT molecular complexity index is 637. The molecule has 0 radical (unpaired) electrons. The summed E-state index contributed by atoms with van der Waals surface area (Å²) in [5.74, 6) is -0.124. The number of hydrogen-bond donors (Lipinski definition) is 0. The molecule has 1 aliphatic rings. The second kappa shape index (κ2) is 6.42. The van der Waals surface area contributed by atoms with Gasteiger partial charge in [0.25, 0.3) is 0 Å². The fourth-order valence-corrected chi connectivity index (χ4v) is 3.07. The Morgan fingerprint density at radius 1 is 1.17 bits per heavy atom. The van der Waals surface area contributed by atoms with Gasteiger partial charge < -0.3 is 9.47 Å². The van der Waals surface area contributed by atoms with E-state index in [1.165, 1.54) is 5.56 Å². The monoisotopic (exact) mass is 315 g/mol. The van der Waals surface area contributed by atoms with E-state index in [4.69, 9.17) is 9.47 Å². The maximum Gasteiger partial charge on any atom is 0.163 e. The van der Waals surface area contributed by atoms with Gasteiger partial charge in [-0.1, -0.05) is 49.4 Å². The van der Waals surface area contributed by atoms with Crippen molar-refractivity contribution in [2.24, 2.45) is 5.92 Å². The summed E-state index contributed by atoms with van der Waals surface area (Å²) in [6.45, 7) is 8.99. The molecule has 1 aromatic carbocycles. The van der Waals surface area contributed by atoms with Crippen molar-refractivity contribution in [3.63, 3.8) is 0 Å². The van der Waals surface area contributed by atoms with Crippen LogP contribution in [0.5, 0.6) is 0 Å². The van der Waals surface area contributed by atoms with Gasteiger partial charge in [0.05, 0.1) is 24.4 Å². The molecule has 1 aliphatic heterocycles. The summed E-state index contributed by atoms with van der Waals surface area (Å²) in [6, 6.07) is 10.3. The van der Waals surface area contributed by atoms with Crippen molar-refractivity contribution in [1.29, 1.82) is 0 Å². The van der Waals surface area contributed by atoms with Crippen molar-refractivity contribution in [3.8, 4) is 0 Å². The minimum absolute atomic E-state index is 0.0203. The molecule has 0 N–H and O–H groups in total. The molecular weight excluding hydrogens is 290 g/mol. The van der Waals surface area contributed by atoms with Crippen LogP contribution >= 0.6 is 0 Å². The molecular formula is C18H25N3O2. The van der Waals surface area contributed by atoms with Crippen molar-refractivity contribution in [2.45, 2.75) is 58.7 Å². The molecule has 0 bridgehead atoms. The SMILES string of the molecule is CC(C)C1OC(C)(C)OC1Cc1cn(Cc2ccccc2)nn1. The highest BCUT2D eigenvalue weighted by molar-refractivity contribution is 5.15. The zero-order chi connectivity index (χ0) is 16.4. The molecule has 0 spiro atoms. The van der Waals surface area contributed by atoms with Crippen LogP contribution in [-0.4, -0.2) is 33.0 Å². The van der Waals surface area contributed by atoms with Gasteiger partial charge in [-0.25, -0.2) is 4.68 Å². The zero-order valence-corrected chi connectivity index (χ0v) is 14.3. The minimum atomic E-state index is -0.528. The van der Waals surface area contributed by atoms with Gasteiger partial charge in [-0.15, -0.1) is 5.10 Å². The lowest BCUT2D eigenvalue weighted by atomic mass is 9.99. The molecule has 3 rings (SSSR count). The molecule has 0 aliphatic carbocycles. The Labute approximate surface area is 137 Å². The van der Waals surface area contributed by atoms with Crippen LogP contribution in [0.15, 0.2) is 36.5 Å². The maximum atomic E-state index is 6.05. The second-order valence-corrected chi connectivity index (χ2v) is 6.98. The van der Waals surface area contributed by atoms with E-state index in [2.05, 4.69) is 36.3 Å². The summed E-state index contributed by atoms with van der Waals surface area (Å²) in [7, 11) is 0. The Morgan fingerprint density at radius 2 is 1.91 bits per heavy atom. The largest absolute Gasteiger partial charge is 0.344 e. The highest BCUT2D eigenvalue weighted by Gasteiger charge is 2.42. The third-order valence-corrected chi connectivity index (χ3v) is 4.06. The Kier molecular flexibility index (Phi) is 4.50. The Hall–Kier alpha value is -1.72. The first-order valence-corrected chi connectivity index (χ1v) is 8.21. The average molecular weight is 315 g/mol.